The Morgan fingerprint density at radius 3 is 2.50 bits per heavy atom. The van der Waals surface area contributed by atoms with Crippen LogP contribution in [0.5, 0.6) is 0 Å². The average molecular weight is 171 g/mol. The first-order valence-electron chi connectivity index (χ1n) is 4.07. The van der Waals surface area contributed by atoms with Crippen molar-refractivity contribution < 1.29 is 14.6 Å². The Morgan fingerprint density at radius 1 is 1.42 bits per heavy atom. The zero-order chi connectivity index (χ0) is 8.97. The van der Waals surface area contributed by atoms with Gasteiger partial charge in [-0.25, -0.2) is 4.79 Å². The highest BCUT2D eigenvalue weighted by Gasteiger charge is 2.21. The van der Waals surface area contributed by atoms with Crippen LogP contribution in [0.1, 0.15) is 25.7 Å². The summed E-state index contributed by atoms with van der Waals surface area (Å²) in [6.45, 7) is 0. The Kier molecular flexibility index (Phi) is 3.34. The van der Waals surface area contributed by atoms with E-state index in [1.165, 1.54) is 0 Å². The maximum Gasteiger partial charge on any atom is 0.407 e. The first-order chi connectivity index (χ1) is 5.72. The molecule has 1 saturated carbocycles. The molecule has 0 bridgehead atoms. The number of amides is 1. The highest BCUT2D eigenvalue weighted by Crippen LogP contribution is 2.20. The average Bonchev–Trinajstić information content (AvgIpc) is 2.09. The minimum Gasteiger partial charge on any atom is -0.446 e. The number of hydrogen-bond donors (Lipinski definition) is 2. The van der Waals surface area contributed by atoms with E-state index in [9.17, 15) is 4.79 Å². The van der Waals surface area contributed by atoms with E-state index in [1.54, 1.807) is 0 Å². The molecular weight excluding hydrogens is 158 g/mol. The van der Waals surface area contributed by atoms with Gasteiger partial charge in [0.15, 0.2) is 0 Å². The van der Waals surface area contributed by atoms with Gasteiger partial charge in [0.2, 0.25) is 0 Å². The monoisotopic (exact) mass is 171 g/mol. The fraction of sp³-hybridized carbons (Fsp3) is 0.750. The maximum atomic E-state index is 10.6. The molecule has 0 aliphatic heterocycles. The van der Waals surface area contributed by atoms with Crippen LogP contribution in [0, 0.1) is 7.05 Å². The summed E-state index contributed by atoms with van der Waals surface area (Å²) in [6, 6.07) is 0. The number of hydrogen-bond acceptors (Lipinski definition) is 3. The maximum absolute atomic E-state index is 10.6. The zero-order valence-electron chi connectivity index (χ0n) is 6.82. The molecule has 0 saturated heterocycles. The lowest BCUT2D eigenvalue weighted by Gasteiger charge is -2.24. The fourth-order valence-electron chi connectivity index (χ4n) is 1.35. The van der Waals surface area contributed by atoms with E-state index < -0.39 is 6.09 Å². The lowest BCUT2D eigenvalue weighted by atomic mass is 9.95. The van der Waals surface area contributed by atoms with E-state index in [0.29, 0.717) is 25.7 Å². The van der Waals surface area contributed by atoms with Crippen molar-refractivity contribution in [2.75, 3.05) is 0 Å². The van der Waals surface area contributed by atoms with Crippen molar-refractivity contribution in [3.05, 3.63) is 7.05 Å². The Labute approximate surface area is 71.9 Å². The number of aliphatic hydroxyl groups excluding tert-OH is 1. The molecule has 0 spiro atoms. The summed E-state index contributed by atoms with van der Waals surface area (Å²) in [5.41, 5.74) is 0. The predicted molar refractivity (Wildman–Crippen MR) is 42.2 cm³/mol. The van der Waals surface area contributed by atoms with Crippen molar-refractivity contribution in [1.82, 2.24) is 5.32 Å². The first-order valence-corrected chi connectivity index (χ1v) is 4.07. The number of rotatable bonds is 1. The molecule has 2 N–H and O–H groups in total. The molecular formula is C8H13NO3. The Hall–Kier alpha value is -0.770. The van der Waals surface area contributed by atoms with Gasteiger partial charge < -0.3 is 15.2 Å². The molecule has 4 nitrogen and oxygen atoms in total. The van der Waals surface area contributed by atoms with Crippen LogP contribution in [-0.2, 0) is 4.74 Å². The Morgan fingerprint density at radius 2 is 2.00 bits per heavy atom. The summed E-state index contributed by atoms with van der Waals surface area (Å²) in [5.74, 6) is 0. The fourth-order valence-corrected chi connectivity index (χ4v) is 1.35. The van der Waals surface area contributed by atoms with Gasteiger partial charge in [0, 0.05) is 0 Å². The number of ether oxygens (including phenoxy) is 1. The zero-order valence-corrected chi connectivity index (χ0v) is 6.82. The van der Waals surface area contributed by atoms with Crippen LogP contribution < -0.4 is 5.32 Å². The molecule has 1 aliphatic rings. The third kappa shape index (κ3) is 2.70. The summed E-state index contributed by atoms with van der Waals surface area (Å²) in [7, 11) is 4.84. The standard InChI is InChI=1S/C8H13NO3/c1-9-8(11)12-7-4-2-6(10)3-5-7/h1,6-7,10H,2-5H2,(H,9,11). The van der Waals surface area contributed by atoms with Crippen molar-refractivity contribution >= 4 is 6.09 Å². The third-order valence-electron chi connectivity index (χ3n) is 2.04. The normalized spacial score (nSPS) is 29.5. The number of aliphatic hydroxyl groups is 1. The van der Waals surface area contributed by atoms with E-state index >= 15 is 0 Å². The smallest absolute Gasteiger partial charge is 0.407 e. The number of carbonyl (C=O) groups excluding carboxylic acids is 1. The van der Waals surface area contributed by atoms with Crippen molar-refractivity contribution in [1.29, 1.82) is 0 Å². The molecule has 0 aromatic rings. The van der Waals surface area contributed by atoms with Crippen LogP contribution in [0.25, 0.3) is 0 Å². The topological polar surface area (TPSA) is 58.6 Å². The molecule has 1 rings (SSSR count). The van der Waals surface area contributed by atoms with Gasteiger partial charge in [-0.1, -0.05) is 0 Å². The molecule has 0 unspecified atom stereocenters. The summed E-state index contributed by atoms with van der Waals surface area (Å²) < 4.78 is 4.90. The second-order valence-electron chi connectivity index (χ2n) is 2.98. The molecule has 4 heteroatoms. The third-order valence-corrected chi connectivity index (χ3v) is 2.04. The van der Waals surface area contributed by atoms with E-state index in [0.717, 1.165) is 0 Å². The van der Waals surface area contributed by atoms with E-state index in [1.807, 2.05) is 5.32 Å². The van der Waals surface area contributed by atoms with Crippen LogP contribution in [-0.4, -0.2) is 23.4 Å². The van der Waals surface area contributed by atoms with Crippen LogP contribution >= 0.6 is 0 Å². The molecule has 68 valence electrons. The highest BCUT2D eigenvalue weighted by molar-refractivity contribution is 5.67. The Bertz CT molecular complexity index is 152. The lowest BCUT2D eigenvalue weighted by molar-refractivity contribution is 0.0355. The Balaban J connectivity index is 2.21. The van der Waals surface area contributed by atoms with Crippen molar-refractivity contribution in [2.24, 2.45) is 0 Å². The van der Waals surface area contributed by atoms with Crippen LogP contribution in [0.4, 0.5) is 4.79 Å². The summed E-state index contributed by atoms with van der Waals surface area (Å²) in [5, 5.41) is 11.0. The number of alkyl carbamates (subject to hydrolysis) is 1. The molecule has 0 atom stereocenters. The van der Waals surface area contributed by atoms with Gasteiger partial charge in [-0.2, -0.15) is 0 Å². The van der Waals surface area contributed by atoms with Gasteiger partial charge in [-0.15, -0.1) is 0 Å². The van der Waals surface area contributed by atoms with Crippen LogP contribution in [0.2, 0.25) is 0 Å². The summed E-state index contributed by atoms with van der Waals surface area (Å²) >= 11 is 0. The summed E-state index contributed by atoms with van der Waals surface area (Å²) in [6.07, 6.45) is 1.91. The lowest BCUT2D eigenvalue weighted by Crippen LogP contribution is -2.29. The van der Waals surface area contributed by atoms with Gasteiger partial charge in [-0.05, 0) is 25.7 Å². The minimum atomic E-state index is -0.601. The number of carbonyl (C=O) groups is 1. The number of nitrogens with one attached hydrogen (secondary N) is 1. The van der Waals surface area contributed by atoms with E-state index in [2.05, 4.69) is 0 Å². The van der Waals surface area contributed by atoms with Crippen molar-refractivity contribution in [2.45, 2.75) is 37.9 Å². The molecule has 12 heavy (non-hydrogen) atoms. The minimum absolute atomic E-state index is 0.0862. The van der Waals surface area contributed by atoms with Gasteiger partial charge in [-0.3, -0.25) is 0 Å². The molecule has 0 aromatic carbocycles. The predicted octanol–water partition coefficient (Wildman–Crippen LogP) is 0.685. The molecule has 1 aliphatic carbocycles. The molecule has 2 radical (unpaired) electrons. The molecule has 1 amide bonds. The SMILES string of the molecule is [CH]NC(=O)OC1CCC(O)CC1. The summed E-state index contributed by atoms with van der Waals surface area (Å²) in [4.78, 5) is 10.6. The highest BCUT2D eigenvalue weighted by atomic mass is 16.6. The quantitative estimate of drug-likeness (QED) is 0.570. The molecule has 0 aromatic heterocycles. The van der Waals surface area contributed by atoms with Crippen molar-refractivity contribution in [3.8, 4) is 0 Å². The molecule has 0 heterocycles. The van der Waals surface area contributed by atoms with Gasteiger partial charge in [0.25, 0.3) is 0 Å². The van der Waals surface area contributed by atoms with Gasteiger partial charge in [0.1, 0.15) is 6.10 Å². The second kappa shape index (κ2) is 4.30. The van der Waals surface area contributed by atoms with E-state index in [-0.39, 0.29) is 12.2 Å². The van der Waals surface area contributed by atoms with Crippen LogP contribution in [0.3, 0.4) is 0 Å². The second-order valence-corrected chi connectivity index (χ2v) is 2.98. The molecule has 1 fully saturated rings. The largest absolute Gasteiger partial charge is 0.446 e. The van der Waals surface area contributed by atoms with Gasteiger partial charge in [0.05, 0.1) is 13.2 Å². The first kappa shape index (κ1) is 9.32. The van der Waals surface area contributed by atoms with Crippen molar-refractivity contribution in [3.63, 3.8) is 0 Å². The van der Waals surface area contributed by atoms with Gasteiger partial charge >= 0.3 is 6.09 Å². The van der Waals surface area contributed by atoms with Crippen LogP contribution in [0.15, 0.2) is 0 Å². The van der Waals surface area contributed by atoms with E-state index in [4.69, 9.17) is 16.9 Å².